The molecule has 0 aliphatic heterocycles. The number of nitrogens with two attached hydrogens (primary N) is 1. The van der Waals surface area contributed by atoms with Gasteiger partial charge in [-0.05, 0) is 36.7 Å². The molecule has 0 spiro atoms. The zero-order chi connectivity index (χ0) is 18.4. The molecule has 0 saturated carbocycles. The van der Waals surface area contributed by atoms with Gasteiger partial charge in [0, 0.05) is 31.3 Å². The van der Waals surface area contributed by atoms with Gasteiger partial charge in [-0.25, -0.2) is 0 Å². The van der Waals surface area contributed by atoms with Crippen LogP contribution >= 0.6 is 0 Å². The van der Waals surface area contributed by atoms with Crippen molar-refractivity contribution >= 4 is 5.69 Å². The number of hydrogen-bond acceptors (Lipinski definition) is 5. The standard InChI is InChI=1S/C20H28N2O3/c1-22(2)16-8-6-14(7-9-16)12-15(13-21)17-10-11-18(23-3)20(25-5)19(17)24-4/h6-11,15H,12-13,21H2,1-5H3. The average molecular weight is 344 g/mol. The summed E-state index contributed by atoms with van der Waals surface area (Å²) in [6.07, 6.45) is 0.829. The number of methoxy groups -OCH3 is 3. The summed E-state index contributed by atoms with van der Waals surface area (Å²) in [5, 5.41) is 0. The fraction of sp³-hybridized carbons (Fsp3) is 0.400. The Morgan fingerprint density at radius 2 is 1.52 bits per heavy atom. The second-order valence-electron chi connectivity index (χ2n) is 6.12. The van der Waals surface area contributed by atoms with E-state index in [1.807, 2.05) is 26.2 Å². The van der Waals surface area contributed by atoms with Gasteiger partial charge >= 0.3 is 0 Å². The number of anilines is 1. The highest BCUT2D eigenvalue weighted by atomic mass is 16.5. The van der Waals surface area contributed by atoms with Gasteiger partial charge < -0.3 is 24.8 Å². The van der Waals surface area contributed by atoms with Crippen LogP contribution in [0.25, 0.3) is 0 Å². The minimum Gasteiger partial charge on any atom is -0.493 e. The van der Waals surface area contributed by atoms with Crippen molar-refractivity contribution < 1.29 is 14.2 Å². The Kier molecular flexibility index (Phi) is 6.53. The van der Waals surface area contributed by atoms with E-state index in [1.54, 1.807) is 21.3 Å². The summed E-state index contributed by atoms with van der Waals surface area (Å²) in [6, 6.07) is 12.4. The molecule has 2 aromatic carbocycles. The van der Waals surface area contributed by atoms with Crippen molar-refractivity contribution in [1.29, 1.82) is 0 Å². The summed E-state index contributed by atoms with van der Waals surface area (Å²) in [6.45, 7) is 0.515. The normalized spacial score (nSPS) is 11.8. The fourth-order valence-electron chi connectivity index (χ4n) is 2.98. The summed E-state index contributed by atoms with van der Waals surface area (Å²) in [5.41, 5.74) is 9.52. The van der Waals surface area contributed by atoms with Gasteiger partial charge in [0.2, 0.25) is 5.75 Å². The van der Waals surface area contributed by atoms with Crippen molar-refractivity contribution in [3.8, 4) is 17.2 Å². The number of benzene rings is 2. The van der Waals surface area contributed by atoms with E-state index in [1.165, 1.54) is 11.3 Å². The predicted molar refractivity (Wildman–Crippen MR) is 102 cm³/mol. The molecule has 2 aromatic rings. The van der Waals surface area contributed by atoms with Crippen LogP contribution in [0.15, 0.2) is 36.4 Å². The average Bonchev–Trinajstić information content (AvgIpc) is 2.65. The molecule has 5 heteroatoms. The molecule has 25 heavy (non-hydrogen) atoms. The van der Waals surface area contributed by atoms with Gasteiger partial charge in [0.15, 0.2) is 11.5 Å². The first-order valence-corrected chi connectivity index (χ1v) is 8.30. The lowest BCUT2D eigenvalue weighted by atomic mass is 9.90. The fourth-order valence-corrected chi connectivity index (χ4v) is 2.98. The molecule has 0 aliphatic carbocycles. The lowest BCUT2D eigenvalue weighted by Gasteiger charge is -2.22. The van der Waals surface area contributed by atoms with Gasteiger partial charge in [-0.3, -0.25) is 0 Å². The number of nitrogens with zero attached hydrogens (tertiary/aromatic N) is 1. The molecule has 0 radical (unpaired) electrons. The summed E-state index contributed by atoms with van der Waals surface area (Å²) in [4.78, 5) is 2.08. The molecule has 0 saturated heterocycles. The van der Waals surface area contributed by atoms with Crippen molar-refractivity contribution in [2.75, 3.05) is 46.9 Å². The quantitative estimate of drug-likeness (QED) is 0.797. The van der Waals surface area contributed by atoms with Crippen LogP contribution in [0, 0.1) is 0 Å². The van der Waals surface area contributed by atoms with Gasteiger partial charge in [-0.15, -0.1) is 0 Å². The van der Waals surface area contributed by atoms with Crippen molar-refractivity contribution in [2.45, 2.75) is 12.3 Å². The van der Waals surface area contributed by atoms with Crippen LogP contribution in [-0.2, 0) is 6.42 Å². The molecular weight excluding hydrogens is 316 g/mol. The Hall–Kier alpha value is -2.40. The smallest absolute Gasteiger partial charge is 0.203 e. The lowest BCUT2D eigenvalue weighted by Crippen LogP contribution is -2.16. The molecule has 0 fully saturated rings. The van der Waals surface area contributed by atoms with Gasteiger partial charge in [0.25, 0.3) is 0 Å². The summed E-state index contributed by atoms with van der Waals surface area (Å²) >= 11 is 0. The van der Waals surface area contributed by atoms with Crippen molar-refractivity contribution in [3.63, 3.8) is 0 Å². The first-order chi connectivity index (χ1) is 12.0. The summed E-state index contributed by atoms with van der Waals surface area (Å²) in [7, 11) is 8.93. The van der Waals surface area contributed by atoms with Crippen LogP contribution in [0.4, 0.5) is 5.69 Å². The van der Waals surface area contributed by atoms with Crippen LogP contribution in [0.3, 0.4) is 0 Å². The van der Waals surface area contributed by atoms with Crippen LogP contribution in [0.1, 0.15) is 17.0 Å². The van der Waals surface area contributed by atoms with Gasteiger partial charge in [0.05, 0.1) is 21.3 Å². The first kappa shape index (κ1) is 18.9. The molecule has 0 bridgehead atoms. The SMILES string of the molecule is COc1ccc(C(CN)Cc2ccc(N(C)C)cc2)c(OC)c1OC. The van der Waals surface area contributed by atoms with Crippen molar-refractivity contribution in [1.82, 2.24) is 0 Å². The second kappa shape index (κ2) is 8.62. The van der Waals surface area contributed by atoms with E-state index in [4.69, 9.17) is 19.9 Å². The van der Waals surface area contributed by atoms with E-state index in [9.17, 15) is 0 Å². The number of hydrogen-bond donors (Lipinski definition) is 1. The highest BCUT2D eigenvalue weighted by Crippen LogP contribution is 2.43. The largest absolute Gasteiger partial charge is 0.493 e. The van der Waals surface area contributed by atoms with Gasteiger partial charge in [-0.1, -0.05) is 18.2 Å². The monoisotopic (exact) mass is 344 g/mol. The van der Waals surface area contributed by atoms with Crippen LogP contribution in [-0.4, -0.2) is 42.0 Å². The van der Waals surface area contributed by atoms with Crippen LogP contribution in [0.5, 0.6) is 17.2 Å². The Morgan fingerprint density at radius 3 is 2.00 bits per heavy atom. The molecule has 0 heterocycles. The Labute approximate surface area is 150 Å². The van der Waals surface area contributed by atoms with E-state index >= 15 is 0 Å². The molecule has 136 valence electrons. The molecule has 5 nitrogen and oxygen atoms in total. The molecule has 2 rings (SSSR count). The Morgan fingerprint density at radius 1 is 0.880 bits per heavy atom. The third-order valence-electron chi connectivity index (χ3n) is 4.39. The topological polar surface area (TPSA) is 57.0 Å². The third kappa shape index (κ3) is 4.17. The van der Waals surface area contributed by atoms with E-state index in [-0.39, 0.29) is 5.92 Å². The molecule has 0 aromatic heterocycles. The Bertz CT molecular complexity index is 684. The lowest BCUT2D eigenvalue weighted by molar-refractivity contribution is 0.320. The second-order valence-corrected chi connectivity index (χ2v) is 6.12. The van der Waals surface area contributed by atoms with Gasteiger partial charge in [0.1, 0.15) is 0 Å². The molecule has 1 atom stereocenters. The maximum absolute atomic E-state index is 6.08. The highest BCUT2D eigenvalue weighted by molar-refractivity contribution is 5.57. The van der Waals surface area contributed by atoms with Crippen LogP contribution < -0.4 is 24.8 Å². The molecular formula is C20H28N2O3. The maximum atomic E-state index is 6.08. The van der Waals surface area contributed by atoms with Gasteiger partial charge in [-0.2, -0.15) is 0 Å². The van der Waals surface area contributed by atoms with Crippen LogP contribution in [0.2, 0.25) is 0 Å². The van der Waals surface area contributed by atoms with Crippen molar-refractivity contribution in [3.05, 3.63) is 47.5 Å². The molecule has 1 unspecified atom stereocenters. The minimum atomic E-state index is 0.125. The molecule has 2 N–H and O–H groups in total. The minimum absolute atomic E-state index is 0.125. The van der Waals surface area contributed by atoms with E-state index in [2.05, 4.69) is 29.2 Å². The zero-order valence-electron chi connectivity index (χ0n) is 15.7. The van der Waals surface area contributed by atoms with E-state index < -0.39 is 0 Å². The van der Waals surface area contributed by atoms with E-state index in [0.717, 1.165) is 12.0 Å². The number of rotatable bonds is 8. The Balaban J connectivity index is 2.34. The molecule has 0 amide bonds. The molecule has 0 aliphatic rings. The van der Waals surface area contributed by atoms with Crippen molar-refractivity contribution in [2.24, 2.45) is 5.73 Å². The summed E-state index contributed by atoms with van der Waals surface area (Å²) < 4.78 is 16.5. The third-order valence-corrected chi connectivity index (χ3v) is 4.39. The van der Waals surface area contributed by atoms with E-state index in [0.29, 0.717) is 23.8 Å². The highest BCUT2D eigenvalue weighted by Gasteiger charge is 2.22. The number of ether oxygens (including phenoxy) is 3. The predicted octanol–water partition coefficient (Wildman–Crippen LogP) is 3.06. The zero-order valence-corrected chi connectivity index (χ0v) is 15.7. The maximum Gasteiger partial charge on any atom is 0.203 e. The first-order valence-electron chi connectivity index (χ1n) is 8.30. The summed E-state index contributed by atoms with van der Waals surface area (Å²) in [5.74, 6) is 2.06.